The van der Waals surface area contributed by atoms with E-state index in [1.54, 1.807) is 6.20 Å². The first kappa shape index (κ1) is 9.95. The highest BCUT2D eigenvalue weighted by Crippen LogP contribution is 2.08. The number of nitrogens with zero attached hydrogens (tertiary/aromatic N) is 1. The van der Waals surface area contributed by atoms with E-state index >= 15 is 0 Å². The van der Waals surface area contributed by atoms with Crippen molar-refractivity contribution in [3.8, 4) is 0 Å². The van der Waals surface area contributed by atoms with E-state index in [2.05, 4.69) is 10.3 Å². The summed E-state index contributed by atoms with van der Waals surface area (Å²) >= 11 is 0. The minimum atomic E-state index is 0.0491. The Hall–Kier alpha value is -1.13. The maximum Gasteiger partial charge on any atom is 0.0630 e. The third-order valence-electron chi connectivity index (χ3n) is 1.71. The van der Waals surface area contributed by atoms with E-state index in [9.17, 15) is 0 Å². The Morgan fingerprint density at radius 2 is 2.46 bits per heavy atom. The van der Waals surface area contributed by atoms with Crippen molar-refractivity contribution in [2.75, 3.05) is 11.9 Å². The van der Waals surface area contributed by atoms with E-state index in [1.807, 2.05) is 19.1 Å². The molecule has 1 aromatic heterocycles. The summed E-state index contributed by atoms with van der Waals surface area (Å²) in [6.45, 7) is 2.45. The van der Waals surface area contributed by atoms with Gasteiger partial charge in [0.15, 0.2) is 0 Å². The molecule has 0 aliphatic carbocycles. The number of aliphatic hydroxyl groups excluding tert-OH is 1. The number of hydrogen-bond donors (Lipinski definition) is 3. The highest BCUT2D eigenvalue weighted by Gasteiger charge is 2.00. The zero-order valence-corrected chi connectivity index (χ0v) is 7.70. The third kappa shape index (κ3) is 3.01. The monoisotopic (exact) mass is 181 g/mol. The summed E-state index contributed by atoms with van der Waals surface area (Å²) in [5.74, 6) is 0. The Kier molecular flexibility index (Phi) is 3.67. The van der Waals surface area contributed by atoms with Gasteiger partial charge in [0.2, 0.25) is 0 Å². The van der Waals surface area contributed by atoms with E-state index < -0.39 is 0 Å². The van der Waals surface area contributed by atoms with Crippen LogP contribution in [-0.4, -0.2) is 22.7 Å². The molecule has 13 heavy (non-hydrogen) atoms. The molecule has 0 saturated carbocycles. The molecule has 1 atom stereocenters. The van der Waals surface area contributed by atoms with Gasteiger partial charge < -0.3 is 16.2 Å². The first-order chi connectivity index (χ1) is 6.26. The fourth-order valence-corrected chi connectivity index (χ4v) is 1.01. The van der Waals surface area contributed by atoms with Crippen LogP contribution in [0.3, 0.4) is 0 Å². The van der Waals surface area contributed by atoms with Gasteiger partial charge in [0, 0.05) is 24.5 Å². The fourth-order valence-electron chi connectivity index (χ4n) is 1.01. The second-order valence-corrected chi connectivity index (χ2v) is 2.97. The van der Waals surface area contributed by atoms with Crippen LogP contribution in [0.15, 0.2) is 18.3 Å². The maximum atomic E-state index is 8.82. The van der Waals surface area contributed by atoms with Gasteiger partial charge in [-0.25, -0.2) is 0 Å². The van der Waals surface area contributed by atoms with Crippen molar-refractivity contribution in [1.82, 2.24) is 4.98 Å². The summed E-state index contributed by atoms with van der Waals surface area (Å²) in [6, 6.07) is 3.78. The molecule has 72 valence electrons. The molecular formula is C9H15N3O. The van der Waals surface area contributed by atoms with Crippen molar-refractivity contribution < 1.29 is 5.11 Å². The van der Waals surface area contributed by atoms with E-state index in [-0.39, 0.29) is 12.6 Å². The summed E-state index contributed by atoms with van der Waals surface area (Å²) in [5.41, 5.74) is 7.23. The Bertz CT molecular complexity index is 265. The quantitative estimate of drug-likeness (QED) is 0.626. The SMILES string of the molecule is CC(CO)Nc1ccnc(CN)c1. The molecule has 0 spiro atoms. The molecule has 1 aromatic rings. The van der Waals surface area contributed by atoms with Crippen molar-refractivity contribution in [2.24, 2.45) is 5.73 Å². The number of aliphatic hydroxyl groups is 1. The van der Waals surface area contributed by atoms with Crippen molar-refractivity contribution in [2.45, 2.75) is 19.5 Å². The topological polar surface area (TPSA) is 71.2 Å². The summed E-state index contributed by atoms with van der Waals surface area (Å²) < 4.78 is 0. The molecule has 0 saturated heterocycles. The standard InChI is InChI=1S/C9H15N3O/c1-7(6-13)12-8-2-3-11-9(4-8)5-10/h2-4,7,13H,5-6,10H2,1H3,(H,11,12). The van der Waals surface area contributed by atoms with Gasteiger partial charge in [-0.05, 0) is 19.1 Å². The van der Waals surface area contributed by atoms with E-state index in [0.29, 0.717) is 6.54 Å². The van der Waals surface area contributed by atoms with Crippen molar-refractivity contribution >= 4 is 5.69 Å². The number of rotatable bonds is 4. The predicted molar refractivity (Wildman–Crippen MR) is 52.3 cm³/mol. The van der Waals surface area contributed by atoms with Gasteiger partial charge in [-0.2, -0.15) is 0 Å². The second kappa shape index (κ2) is 4.79. The molecule has 0 bridgehead atoms. The zero-order chi connectivity index (χ0) is 9.68. The minimum Gasteiger partial charge on any atom is -0.394 e. The van der Waals surface area contributed by atoms with E-state index in [0.717, 1.165) is 11.4 Å². The first-order valence-corrected chi connectivity index (χ1v) is 4.28. The summed E-state index contributed by atoms with van der Waals surface area (Å²) in [4.78, 5) is 4.06. The summed E-state index contributed by atoms with van der Waals surface area (Å²) in [7, 11) is 0. The predicted octanol–water partition coefficient (Wildman–Crippen LogP) is 0.333. The normalized spacial score (nSPS) is 12.5. The maximum absolute atomic E-state index is 8.82. The molecule has 0 aliphatic rings. The largest absolute Gasteiger partial charge is 0.394 e. The number of nitrogens with one attached hydrogen (secondary N) is 1. The van der Waals surface area contributed by atoms with Crippen molar-refractivity contribution in [3.63, 3.8) is 0 Å². The van der Waals surface area contributed by atoms with Crippen LogP contribution < -0.4 is 11.1 Å². The van der Waals surface area contributed by atoms with Gasteiger partial charge in [-0.3, -0.25) is 4.98 Å². The highest BCUT2D eigenvalue weighted by molar-refractivity contribution is 5.43. The lowest BCUT2D eigenvalue weighted by Gasteiger charge is -2.12. The Balaban J connectivity index is 2.66. The fraction of sp³-hybridized carbons (Fsp3) is 0.444. The van der Waals surface area contributed by atoms with Crippen LogP contribution in [0.1, 0.15) is 12.6 Å². The summed E-state index contributed by atoms with van der Waals surface area (Å²) in [5, 5.41) is 11.9. The molecule has 0 aliphatic heterocycles. The van der Waals surface area contributed by atoms with Crippen LogP contribution in [0.5, 0.6) is 0 Å². The van der Waals surface area contributed by atoms with Gasteiger partial charge in [0.05, 0.1) is 12.3 Å². The molecular weight excluding hydrogens is 166 g/mol. The van der Waals surface area contributed by atoms with Crippen LogP contribution in [0.4, 0.5) is 5.69 Å². The number of hydrogen-bond acceptors (Lipinski definition) is 4. The van der Waals surface area contributed by atoms with Crippen LogP contribution in [0.2, 0.25) is 0 Å². The Morgan fingerprint density at radius 1 is 1.69 bits per heavy atom. The van der Waals surface area contributed by atoms with Crippen LogP contribution in [0, 0.1) is 0 Å². The number of nitrogens with two attached hydrogens (primary N) is 1. The number of anilines is 1. The second-order valence-electron chi connectivity index (χ2n) is 2.97. The molecule has 1 rings (SSSR count). The molecule has 4 heteroatoms. The van der Waals surface area contributed by atoms with Gasteiger partial charge >= 0.3 is 0 Å². The van der Waals surface area contributed by atoms with Gasteiger partial charge in [-0.15, -0.1) is 0 Å². The van der Waals surface area contributed by atoms with Crippen molar-refractivity contribution in [1.29, 1.82) is 0 Å². The smallest absolute Gasteiger partial charge is 0.0630 e. The van der Waals surface area contributed by atoms with Crippen LogP contribution >= 0.6 is 0 Å². The zero-order valence-electron chi connectivity index (χ0n) is 7.70. The average Bonchev–Trinajstić information content (AvgIpc) is 2.18. The molecule has 0 amide bonds. The lowest BCUT2D eigenvalue weighted by atomic mass is 10.3. The molecule has 0 aromatic carbocycles. The Morgan fingerprint density at radius 3 is 3.08 bits per heavy atom. The molecule has 0 radical (unpaired) electrons. The van der Waals surface area contributed by atoms with Crippen LogP contribution in [-0.2, 0) is 6.54 Å². The molecule has 4 N–H and O–H groups in total. The lowest BCUT2D eigenvalue weighted by Crippen LogP contribution is -2.19. The third-order valence-corrected chi connectivity index (χ3v) is 1.71. The molecule has 1 heterocycles. The average molecular weight is 181 g/mol. The van der Waals surface area contributed by atoms with Crippen molar-refractivity contribution in [3.05, 3.63) is 24.0 Å². The molecule has 0 fully saturated rings. The van der Waals surface area contributed by atoms with Gasteiger partial charge in [-0.1, -0.05) is 0 Å². The first-order valence-electron chi connectivity index (χ1n) is 4.28. The van der Waals surface area contributed by atoms with Crippen LogP contribution in [0.25, 0.3) is 0 Å². The summed E-state index contributed by atoms with van der Waals surface area (Å²) in [6.07, 6.45) is 1.70. The van der Waals surface area contributed by atoms with E-state index in [1.165, 1.54) is 0 Å². The molecule has 1 unspecified atom stereocenters. The minimum absolute atomic E-state index is 0.0491. The lowest BCUT2D eigenvalue weighted by molar-refractivity contribution is 0.281. The highest BCUT2D eigenvalue weighted by atomic mass is 16.3. The number of pyridine rings is 1. The Labute approximate surface area is 77.8 Å². The number of aromatic nitrogens is 1. The molecule has 4 nitrogen and oxygen atoms in total. The van der Waals surface area contributed by atoms with Gasteiger partial charge in [0.1, 0.15) is 0 Å². The van der Waals surface area contributed by atoms with E-state index in [4.69, 9.17) is 10.8 Å². The van der Waals surface area contributed by atoms with Gasteiger partial charge in [0.25, 0.3) is 0 Å².